The number of hydrogen-bond acceptors (Lipinski definition) is 4. The van der Waals surface area contributed by atoms with Gasteiger partial charge in [-0.05, 0) is 63.9 Å². The molecule has 5 heteroatoms. The van der Waals surface area contributed by atoms with E-state index in [9.17, 15) is 0 Å². The summed E-state index contributed by atoms with van der Waals surface area (Å²) in [5, 5.41) is 8.99. The summed E-state index contributed by atoms with van der Waals surface area (Å²) in [7, 11) is 2.13. The van der Waals surface area contributed by atoms with E-state index in [1.165, 1.54) is 42.6 Å². The van der Waals surface area contributed by atoms with E-state index in [0.717, 1.165) is 28.6 Å². The van der Waals surface area contributed by atoms with Crippen LogP contribution >= 0.6 is 0 Å². The molecule has 0 bridgehead atoms. The van der Waals surface area contributed by atoms with Gasteiger partial charge in [0.05, 0.1) is 17.4 Å². The molecule has 1 aliphatic heterocycles. The molecule has 3 aromatic rings. The minimum absolute atomic E-state index is 0.285. The van der Waals surface area contributed by atoms with Crippen LogP contribution in [-0.2, 0) is 0 Å². The summed E-state index contributed by atoms with van der Waals surface area (Å²) in [4.78, 5) is 4.85. The van der Waals surface area contributed by atoms with Gasteiger partial charge in [0, 0.05) is 30.0 Å². The van der Waals surface area contributed by atoms with Crippen LogP contribution in [0, 0.1) is 13.8 Å². The van der Waals surface area contributed by atoms with Gasteiger partial charge < -0.3 is 9.80 Å². The van der Waals surface area contributed by atoms with Gasteiger partial charge in [-0.25, -0.2) is 0 Å². The van der Waals surface area contributed by atoms with Crippen LogP contribution in [0.25, 0.3) is 17.1 Å². The maximum Gasteiger partial charge on any atom is 0.168 e. The minimum Gasteiger partial charge on any atom is -0.359 e. The molecule has 0 N–H and O–H groups in total. The molecule has 1 saturated carbocycles. The third-order valence-electron chi connectivity index (χ3n) is 7.04. The van der Waals surface area contributed by atoms with Crippen molar-refractivity contribution in [1.82, 2.24) is 14.8 Å². The van der Waals surface area contributed by atoms with Gasteiger partial charge >= 0.3 is 0 Å². The van der Waals surface area contributed by atoms with Crippen molar-refractivity contribution in [2.45, 2.75) is 58.5 Å². The monoisotopic (exact) mass is 413 g/mol. The predicted molar refractivity (Wildman–Crippen MR) is 128 cm³/mol. The van der Waals surface area contributed by atoms with Crippen molar-refractivity contribution < 1.29 is 0 Å². The fraction of sp³-hybridized carbons (Fsp3) is 0.385. The topological polar surface area (TPSA) is 37.2 Å². The maximum absolute atomic E-state index is 4.57. The van der Waals surface area contributed by atoms with Crippen molar-refractivity contribution in [3.8, 4) is 17.1 Å². The van der Waals surface area contributed by atoms with E-state index in [1.807, 2.05) is 6.92 Å². The van der Waals surface area contributed by atoms with Crippen molar-refractivity contribution >= 4 is 11.4 Å². The van der Waals surface area contributed by atoms with Gasteiger partial charge in [-0.3, -0.25) is 4.57 Å². The highest BCUT2D eigenvalue weighted by molar-refractivity contribution is 5.82. The number of likely N-dealkylation sites (N-methyl/N-ethyl adjacent to an activating group) is 1. The number of aromatic nitrogens is 3. The van der Waals surface area contributed by atoms with E-state index in [2.05, 4.69) is 94.5 Å². The van der Waals surface area contributed by atoms with Gasteiger partial charge in [0.1, 0.15) is 5.82 Å². The lowest BCUT2D eigenvalue weighted by atomic mass is 9.99. The van der Waals surface area contributed by atoms with Crippen LogP contribution < -0.4 is 9.80 Å². The highest BCUT2D eigenvalue weighted by atomic mass is 15.3. The van der Waals surface area contributed by atoms with Crippen LogP contribution in [0.4, 0.5) is 11.4 Å². The Morgan fingerprint density at radius 2 is 1.65 bits per heavy atom. The van der Waals surface area contributed by atoms with Crippen molar-refractivity contribution in [2.24, 2.45) is 0 Å². The molecule has 31 heavy (non-hydrogen) atoms. The van der Waals surface area contributed by atoms with Gasteiger partial charge in [-0.2, -0.15) is 0 Å². The summed E-state index contributed by atoms with van der Waals surface area (Å²) in [6.45, 7) is 10.8. The Morgan fingerprint density at radius 3 is 2.35 bits per heavy atom. The smallest absolute Gasteiger partial charge is 0.168 e. The zero-order valence-corrected chi connectivity index (χ0v) is 19.0. The summed E-state index contributed by atoms with van der Waals surface area (Å²) in [6.07, 6.45) is 5.13. The highest BCUT2D eigenvalue weighted by Gasteiger charge is 2.35. The molecule has 5 nitrogen and oxygen atoms in total. The lowest BCUT2D eigenvalue weighted by Crippen LogP contribution is -2.48. The Bertz CT molecular complexity index is 1120. The standard InChI is InChI=1S/C26H31N5/c1-17-10-13-23(14-11-17)31-20(4)27-28-26(31)21-12-15-24-25(16-21)30(22-8-6-7-9-22)19(3)18(2)29(24)5/h10-16,19,22H,2,6-9H2,1,3-5H3/t19-/m1/s1. The van der Waals surface area contributed by atoms with E-state index in [0.29, 0.717) is 6.04 Å². The van der Waals surface area contributed by atoms with Gasteiger partial charge in [-0.15, -0.1) is 10.2 Å². The van der Waals surface area contributed by atoms with Crippen molar-refractivity contribution in [3.05, 3.63) is 66.1 Å². The van der Waals surface area contributed by atoms with E-state index in [4.69, 9.17) is 0 Å². The lowest BCUT2D eigenvalue weighted by molar-refractivity contribution is 0.550. The van der Waals surface area contributed by atoms with Crippen molar-refractivity contribution in [1.29, 1.82) is 0 Å². The Labute approximate surface area is 185 Å². The Morgan fingerprint density at radius 1 is 0.935 bits per heavy atom. The molecule has 1 aromatic heterocycles. The van der Waals surface area contributed by atoms with Crippen LogP contribution in [0.5, 0.6) is 0 Å². The molecule has 0 spiro atoms. The molecule has 1 aliphatic carbocycles. The first kappa shape index (κ1) is 19.9. The predicted octanol–water partition coefficient (Wildman–Crippen LogP) is 5.65. The second kappa shape index (κ2) is 7.56. The molecule has 0 saturated heterocycles. The number of benzene rings is 2. The van der Waals surface area contributed by atoms with Gasteiger partial charge in [0.2, 0.25) is 0 Å². The number of fused-ring (bicyclic) bond motifs is 1. The Kier molecular flexibility index (Phi) is 4.84. The second-order valence-corrected chi connectivity index (χ2v) is 9.02. The minimum atomic E-state index is 0.285. The summed E-state index contributed by atoms with van der Waals surface area (Å²) in [5.41, 5.74) is 7.09. The average molecular weight is 414 g/mol. The molecule has 0 amide bonds. The molecular weight excluding hydrogens is 382 g/mol. The van der Waals surface area contributed by atoms with E-state index in [1.54, 1.807) is 0 Å². The summed E-state index contributed by atoms with van der Waals surface area (Å²) in [6, 6.07) is 16.1. The molecule has 5 rings (SSSR count). The molecule has 160 valence electrons. The maximum atomic E-state index is 4.57. The number of nitrogens with zero attached hydrogens (tertiary/aromatic N) is 5. The molecule has 1 fully saturated rings. The molecular formula is C26H31N5. The quantitative estimate of drug-likeness (QED) is 0.556. The zero-order valence-electron chi connectivity index (χ0n) is 19.0. The van der Waals surface area contributed by atoms with Crippen LogP contribution in [-0.4, -0.2) is 33.9 Å². The van der Waals surface area contributed by atoms with Crippen molar-refractivity contribution in [2.75, 3.05) is 16.8 Å². The van der Waals surface area contributed by atoms with Gasteiger partial charge in [-0.1, -0.05) is 37.1 Å². The van der Waals surface area contributed by atoms with E-state index < -0.39 is 0 Å². The van der Waals surface area contributed by atoms with Crippen LogP contribution in [0.3, 0.4) is 0 Å². The highest BCUT2D eigenvalue weighted by Crippen LogP contribution is 2.44. The molecule has 0 unspecified atom stereocenters. The van der Waals surface area contributed by atoms with Crippen LogP contribution in [0.1, 0.15) is 44.0 Å². The van der Waals surface area contributed by atoms with E-state index in [-0.39, 0.29) is 6.04 Å². The number of anilines is 2. The fourth-order valence-electron chi connectivity index (χ4n) is 5.20. The largest absolute Gasteiger partial charge is 0.359 e. The summed E-state index contributed by atoms with van der Waals surface area (Å²) in [5.74, 6) is 1.78. The van der Waals surface area contributed by atoms with Crippen LogP contribution in [0.15, 0.2) is 54.7 Å². The van der Waals surface area contributed by atoms with Crippen molar-refractivity contribution in [3.63, 3.8) is 0 Å². The SMILES string of the molecule is C=C1[C@@H](C)N(C2CCCC2)c2cc(-c3nnc(C)n3-c3ccc(C)cc3)ccc2N1C. The summed E-state index contributed by atoms with van der Waals surface area (Å²) < 4.78 is 2.15. The number of aryl methyl sites for hydroxylation is 2. The molecule has 1 atom stereocenters. The van der Waals surface area contributed by atoms with Gasteiger partial charge in [0.15, 0.2) is 5.82 Å². The Balaban J connectivity index is 1.64. The second-order valence-electron chi connectivity index (χ2n) is 9.02. The lowest BCUT2D eigenvalue weighted by Gasteiger charge is -2.46. The first-order valence-electron chi connectivity index (χ1n) is 11.3. The molecule has 2 aromatic carbocycles. The third-order valence-corrected chi connectivity index (χ3v) is 7.04. The molecule has 2 aliphatic rings. The van der Waals surface area contributed by atoms with Crippen LogP contribution in [0.2, 0.25) is 0 Å². The van der Waals surface area contributed by atoms with Gasteiger partial charge in [0.25, 0.3) is 0 Å². The normalized spacial score (nSPS) is 19.2. The van der Waals surface area contributed by atoms with E-state index >= 15 is 0 Å². The first-order chi connectivity index (χ1) is 15.0. The number of rotatable bonds is 3. The fourth-order valence-corrected chi connectivity index (χ4v) is 5.20. The number of hydrogen-bond donors (Lipinski definition) is 0. The molecule has 2 heterocycles. The first-order valence-corrected chi connectivity index (χ1v) is 11.3. The summed E-state index contributed by atoms with van der Waals surface area (Å²) >= 11 is 0. The Hall–Kier alpha value is -3.08. The average Bonchev–Trinajstić information content (AvgIpc) is 3.43. The zero-order chi connectivity index (χ0) is 21.7. The third kappa shape index (κ3) is 3.23. The molecule has 0 radical (unpaired) electrons.